The minimum atomic E-state index is -3.55. The van der Waals surface area contributed by atoms with Gasteiger partial charge in [0.15, 0.2) is 0 Å². The Kier molecular flexibility index (Phi) is 4.50. The molecule has 0 saturated carbocycles. The summed E-state index contributed by atoms with van der Waals surface area (Å²) in [4.78, 5) is 4.84. The molecule has 1 heterocycles. The summed E-state index contributed by atoms with van der Waals surface area (Å²) < 4.78 is 25.1. The Morgan fingerprint density at radius 3 is 2.09 bits per heavy atom. The molecule has 0 aliphatic carbocycles. The third-order valence-corrected chi connectivity index (χ3v) is 6.27. The van der Waals surface area contributed by atoms with Gasteiger partial charge < -0.3 is 5.73 Å². The minimum Gasteiger partial charge on any atom is -0.325 e. The van der Waals surface area contributed by atoms with Crippen LogP contribution in [0.15, 0.2) is 63.7 Å². The second-order valence-electron chi connectivity index (χ2n) is 4.83. The quantitative estimate of drug-likeness (QED) is 0.765. The largest absolute Gasteiger partial charge is 0.325 e. The maximum absolute atomic E-state index is 12.6. The summed E-state index contributed by atoms with van der Waals surface area (Å²) in [5.74, 6) is 0. The van der Waals surface area contributed by atoms with E-state index >= 15 is 0 Å². The Bertz CT molecular complexity index is 917. The minimum absolute atomic E-state index is 0.217. The van der Waals surface area contributed by atoms with E-state index in [1.54, 1.807) is 36.4 Å². The molecule has 0 unspecified atom stereocenters. The van der Waals surface area contributed by atoms with Crippen LogP contribution in [0.25, 0.3) is 10.6 Å². The van der Waals surface area contributed by atoms with E-state index in [1.807, 2.05) is 5.38 Å². The molecule has 3 rings (SSSR count). The molecule has 0 fully saturated rings. The first-order valence-electron chi connectivity index (χ1n) is 6.76. The van der Waals surface area contributed by atoms with E-state index in [-0.39, 0.29) is 9.79 Å². The Morgan fingerprint density at radius 1 is 1.00 bits per heavy atom. The van der Waals surface area contributed by atoms with E-state index in [4.69, 9.17) is 17.3 Å². The average molecular weight is 365 g/mol. The highest BCUT2D eigenvalue weighted by Crippen LogP contribution is 2.27. The molecular weight excluding hydrogens is 352 g/mol. The molecule has 118 valence electrons. The predicted molar refractivity (Wildman–Crippen MR) is 92.3 cm³/mol. The molecule has 1 aromatic heterocycles. The van der Waals surface area contributed by atoms with Gasteiger partial charge in [-0.25, -0.2) is 13.4 Å². The van der Waals surface area contributed by atoms with E-state index in [0.29, 0.717) is 11.6 Å². The normalized spacial score (nSPS) is 11.6. The zero-order valence-electron chi connectivity index (χ0n) is 11.9. The van der Waals surface area contributed by atoms with Gasteiger partial charge in [-0.2, -0.15) is 0 Å². The van der Waals surface area contributed by atoms with Crippen molar-refractivity contribution in [1.82, 2.24) is 4.98 Å². The summed E-state index contributed by atoms with van der Waals surface area (Å²) >= 11 is 7.28. The van der Waals surface area contributed by atoms with Crippen LogP contribution >= 0.6 is 22.9 Å². The van der Waals surface area contributed by atoms with Gasteiger partial charge in [0, 0.05) is 22.5 Å². The van der Waals surface area contributed by atoms with E-state index in [1.165, 1.54) is 23.5 Å². The van der Waals surface area contributed by atoms with Gasteiger partial charge in [0.05, 0.1) is 15.5 Å². The fraction of sp³-hybridized carbons (Fsp3) is 0.0625. The molecule has 0 radical (unpaired) electrons. The average Bonchev–Trinajstić information content (AvgIpc) is 3.04. The van der Waals surface area contributed by atoms with Crippen molar-refractivity contribution in [1.29, 1.82) is 0 Å². The lowest BCUT2D eigenvalue weighted by atomic mass is 10.2. The molecule has 0 saturated heterocycles. The maximum atomic E-state index is 12.6. The highest BCUT2D eigenvalue weighted by atomic mass is 35.5. The summed E-state index contributed by atoms with van der Waals surface area (Å²) in [6.07, 6.45) is 0. The number of hydrogen-bond donors (Lipinski definition) is 1. The highest BCUT2D eigenvalue weighted by molar-refractivity contribution is 7.91. The topological polar surface area (TPSA) is 73.1 Å². The SMILES string of the molecule is NCc1csc(-c2ccc(S(=O)(=O)c3ccc(Cl)cc3)cc2)n1. The highest BCUT2D eigenvalue weighted by Gasteiger charge is 2.17. The summed E-state index contributed by atoms with van der Waals surface area (Å²) in [6, 6.07) is 12.8. The molecule has 7 heteroatoms. The maximum Gasteiger partial charge on any atom is 0.206 e. The number of nitrogens with zero attached hydrogens (tertiary/aromatic N) is 1. The lowest BCUT2D eigenvalue weighted by Crippen LogP contribution is -2.01. The van der Waals surface area contributed by atoms with Gasteiger partial charge in [0.1, 0.15) is 5.01 Å². The van der Waals surface area contributed by atoms with Crippen LogP contribution in [0.4, 0.5) is 0 Å². The second-order valence-corrected chi connectivity index (χ2v) is 8.07. The van der Waals surface area contributed by atoms with Crippen LogP contribution in [0.3, 0.4) is 0 Å². The number of sulfone groups is 1. The van der Waals surface area contributed by atoms with Crippen molar-refractivity contribution in [2.75, 3.05) is 0 Å². The van der Waals surface area contributed by atoms with Crippen LogP contribution in [0, 0.1) is 0 Å². The van der Waals surface area contributed by atoms with Crippen molar-refractivity contribution in [3.63, 3.8) is 0 Å². The standard InChI is InChI=1S/C16H13ClN2O2S2/c17-12-3-7-15(8-4-12)23(20,21)14-5-1-11(2-6-14)16-19-13(9-18)10-22-16/h1-8,10H,9,18H2. The lowest BCUT2D eigenvalue weighted by molar-refractivity contribution is 0.596. The molecule has 0 atom stereocenters. The third kappa shape index (κ3) is 3.30. The van der Waals surface area contributed by atoms with Gasteiger partial charge in [-0.05, 0) is 36.4 Å². The van der Waals surface area contributed by atoms with E-state index in [2.05, 4.69) is 4.98 Å². The van der Waals surface area contributed by atoms with Gasteiger partial charge in [0.2, 0.25) is 9.84 Å². The number of rotatable bonds is 4. The molecule has 23 heavy (non-hydrogen) atoms. The number of halogens is 1. The van der Waals surface area contributed by atoms with Gasteiger partial charge >= 0.3 is 0 Å². The van der Waals surface area contributed by atoms with Gasteiger partial charge in [-0.3, -0.25) is 0 Å². The smallest absolute Gasteiger partial charge is 0.206 e. The van der Waals surface area contributed by atoms with Crippen molar-refractivity contribution >= 4 is 32.8 Å². The van der Waals surface area contributed by atoms with Crippen molar-refractivity contribution in [2.45, 2.75) is 16.3 Å². The van der Waals surface area contributed by atoms with Crippen LogP contribution in [0.5, 0.6) is 0 Å². The summed E-state index contributed by atoms with van der Waals surface area (Å²) in [7, 11) is -3.55. The number of hydrogen-bond acceptors (Lipinski definition) is 5. The zero-order chi connectivity index (χ0) is 16.4. The first-order valence-corrected chi connectivity index (χ1v) is 9.50. The van der Waals surface area contributed by atoms with Crippen LogP contribution in [0.2, 0.25) is 5.02 Å². The Morgan fingerprint density at radius 2 is 1.57 bits per heavy atom. The van der Waals surface area contributed by atoms with Crippen molar-refractivity contribution in [3.05, 3.63) is 64.6 Å². The molecule has 0 spiro atoms. The Labute approximate surface area is 143 Å². The lowest BCUT2D eigenvalue weighted by Gasteiger charge is -2.05. The third-order valence-electron chi connectivity index (χ3n) is 3.30. The number of nitrogens with two attached hydrogens (primary N) is 1. The number of benzene rings is 2. The first kappa shape index (κ1) is 16.1. The van der Waals surface area contributed by atoms with Crippen molar-refractivity contribution in [3.8, 4) is 10.6 Å². The molecule has 2 N–H and O–H groups in total. The molecule has 0 amide bonds. The van der Waals surface area contributed by atoms with Crippen molar-refractivity contribution in [2.24, 2.45) is 5.73 Å². The van der Waals surface area contributed by atoms with Crippen LogP contribution in [0.1, 0.15) is 5.69 Å². The van der Waals surface area contributed by atoms with Crippen LogP contribution in [-0.2, 0) is 16.4 Å². The van der Waals surface area contributed by atoms with E-state index in [9.17, 15) is 8.42 Å². The summed E-state index contributed by atoms with van der Waals surface area (Å²) in [5, 5.41) is 3.22. The zero-order valence-corrected chi connectivity index (χ0v) is 14.3. The van der Waals surface area contributed by atoms with E-state index < -0.39 is 9.84 Å². The molecule has 0 aliphatic heterocycles. The van der Waals surface area contributed by atoms with Gasteiger partial charge in [-0.15, -0.1) is 11.3 Å². The molecular formula is C16H13ClN2O2S2. The van der Waals surface area contributed by atoms with Crippen LogP contribution in [-0.4, -0.2) is 13.4 Å². The molecule has 3 aromatic rings. The predicted octanol–water partition coefficient (Wildman–Crippen LogP) is 3.76. The molecule has 0 bridgehead atoms. The van der Waals surface area contributed by atoms with Crippen molar-refractivity contribution < 1.29 is 8.42 Å². The number of aromatic nitrogens is 1. The summed E-state index contributed by atoms with van der Waals surface area (Å²) in [5.41, 5.74) is 7.24. The Balaban J connectivity index is 1.93. The molecule has 4 nitrogen and oxygen atoms in total. The van der Waals surface area contributed by atoms with Gasteiger partial charge in [-0.1, -0.05) is 23.7 Å². The van der Waals surface area contributed by atoms with E-state index in [0.717, 1.165) is 16.3 Å². The van der Waals surface area contributed by atoms with Crippen LogP contribution < -0.4 is 5.73 Å². The molecule has 2 aromatic carbocycles. The second kappa shape index (κ2) is 6.41. The molecule has 0 aliphatic rings. The summed E-state index contributed by atoms with van der Waals surface area (Å²) in [6.45, 7) is 0.388. The van der Waals surface area contributed by atoms with Gasteiger partial charge in [0.25, 0.3) is 0 Å². The first-order chi connectivity index (χ1) is 11.0. The number of thiazole rings is 1. The fourth-order valence-corrected chi connectivity index (χ4v) is 4.29. The fourth-order valence-electron chi connectivity index (χ4n) is 2.06. The monoisotopic (exact) mass is 364 g/mol. The Hall–Kier alpha value is -1.73.